The van der Waals surface area contributed by atoms with Gasteiger partial charge in [-0.05, 0) is 29.5 Å². The van der Waals surface area contributed by atoms with Gasteiger partial charge >= 0.3 is 0 Å². The quantitative estimate of drug-likeness (QED) is 0.693. The molecule has 0 nitrogen and oxygen atoms in total. The van der Waals surface area contributed by atoms with Crippen LogP contribution in [0, 0.1) is 0 Å². The van der Waals surface area contributed by atoms with Crippen molar-refractivity contribution in [1.82, 2.24) is 0 Å². The third kappa shape index (κ3) is 3.07. The Morgan fingerprint density at radius 2 is 1.41 bits per heavy atom. The van der Waals surface area contributed by atoms with Crippen molar-refractivity contribution in [3.05, 3.63) is 77.9 Å². The minimum absolute atomic E-state index is 0.455. The lowest BCUT2D eigenvalue weighted by molar-refractivity contribution is 0.968. The molecule has 1 unspecified atom stereocenters. The van der Waals surface area contributed by atoms with E-state index >= 15 is 0 Å². The van der Waals surface area contributed by atoms with Crippen molar-refractivity contribution in [1.29, 1.82) is 0 Å². The highest BCUT2D eigenvalue weighted by atomic mass is 14.1. The van der Waals surface area contributed by atoms with E-state index in [2.05, 4.69) is 80.6 Å². The Kier molecular flexibility index (Phi) is 3.77. The van der Waals surface area contributed by atoms with Gasteiger partial charge in [0, 0.05) is 0 Å². The monoisotopic (exact) mass is 222 g/mol. The molecule has 0 aliphatic heterocycles. The lowest BCUT2D eigenvalue weighted by atomic mass is 9.96. The van der Waals surface area contributed by atoms with Gasteiger partial charge in [0.05, 0.1) is 0 Å². The van der Waals surface area contributed by atoms with Gasteiger partial charge in [-0.1, -0.05) is 73.7 Å². The molecular weight excluding hydrogens is 204 g/mol. The molecule has 86 valence electrons. The third-order valence-corrected chi connectivity index (χ3v) is 3.05. The number of allylic oxidation sites excluding steroid dienone is 2. The van der Waals surface area contributed by atoms with E-state index in [-0.39, 0.29) is 0 Å². The second-order valence-corrected chi connectivity index (χ2v) is 4.42. The largest absolute Gasteiger partial charge is 0.0738 e. The minimum atomic E-state index is 0.455. The van der Waals surface area contributed by atoms with Crippen molar-refractivity contribution >= 4 is 5.57 Å². The van der Waals surface area contributed by atoms with Crippen LogP contribution >= 0.6 is 0 Å². The van der Waals surface area contributed by atoms with Gasteiger partial charge in [-0.15, -0.1) is 0 Å². The summed E-state index contributed by atoms with van der Waals surface area (Å²) in [5.41, 5.74) is 4.00. The Bertz CT molecular complexity index is 480. The topological polar surface area (TPSA) is 0 Å². The van der Waals surface area contributed by atoms with Gasteiger partial charge in [-0.25, -0.2) is 0 Å². The lowest BCUT2D eigenvalue weighted by Crippen LogP contribution is -1.90. The Labute approximate surface area is 104 Å². The van der Waals surface area contributed by atoms with E-state index in [0.717, 1.165) is 0 Å². The maximum atomic E-state index is 2.32. The van der Waals surface area contributed by atoms with Crippen LogP contribution in [0.15, 0.2) is 66.7 Å². The van der Waals surface area contributed by atoms with Crippen LogP contribution in [0.5, 0.6) is 0 Å². The zero-order valence-corrected chi connectivity index (χ0v) is 10.4. The standard InChI is InChI=1S/C17H18/c1-14(16-9-5-3-6-10-16)13-15(2)17-11-7-4-8-12-17/h3-14H,1-2H3. The van der Waals surface area contributed by atoms with Crippen LogP contribution in [-0.4, -0.2) is 0 Å². The number of hydrogen-bond donors (Lipinski definition) is 0. The molecule has 0 saturated heterocycles. The first-order valence-corrected chi connectivity index (χ1v) is 6.06. The van der Waals surface area contributed by atoms with Crippen LogP contribution in [0.1, 0.15) is 30.9 Å². The van der Waals surface area contributed by atoms with Gasteiger partial charge in [0.2, 0.25) is 0 Å². The predicted octanol–water partition coefficient (Wildman–Crippen LogP) is 4.89. The molecule has 2 rings (SSSR count). The van der Waals surface area contributed by atoms with Crippen molar-refractivity contribution in [2.75, 3.05) is 0 Å². The molecule has 0 heterocycles. The normalized spacial score (nSPS) is 13.4. The van der Waals surface area contributed by atoms with E-state index in [1.165, 1.54) is 16.7 Å². The smallest absolute Gasteiger partial charge is 0.000451 e. The maximum Gasteiger partial charge on any atom is -0.000451 e. The number of rotatable bonds is 3. The third-order valence-electron chi connectivity index (χ3n) is 3.05. The van der Waals surface area contributed by atoms with Crippen LogP contribution in [0.4, 0.5) is 0 Å². The van der Waals surface area contributed by atoms with E-state index in [0.29, 0.717) is 5.92 Å². The molecule has 0 aromatic heterocycles. The van der Waals surface area contributed by atoms with Gasteiger partial charge in [0.25, 0.3) is 0 Å². The molecule has 0 saturated carbocycles. The fraction of sp³-hybridized carbons (Fsp3) is 0.176. The average molecular weight is 222 g/mol. The van der Waals surface area contributed by atoms with Gasteiger partial charge in [0.1, 0.15) is 0 Å². The second-order valence-electron chi connectivity index (χ2n) is 4.42. The van der Waals surface area contributed by atoms with Crippen molar-refractivity contribution in [2.45, 2.75) is 19.8 Å². The minimum Gasteiger partial charge on any atom is -0.0738 e. The molecule has 2 aromatic rings. The molecule has 0 bridgehead atoms. The molecular formula is C17H18. The van der Waals surface area contributed by atoms with Crippen LogP contribution < -0.4 is 0 Å². The van der Waals surface area contributed by atoms with E-state index in [1.54, 1.807) is 0 Å². The molecule has 0 aliphatic rings. The fourth-order valence-electron chi connectivity index (χ4n) is 2.03. The first-order valence-electron chi connectivity index (χ1n) is 6.06. The summed E-state index contributed by atoms with van der Waals surface area (Å²) in [6.45, 7) is 4.41. The van der Waals surface area contributed by atoms with Crippen LogP contribution in [0.25, 0.3) is 5.57 Å². The Morgan fingerprint density at radius 3 is 2.00 bits per heavy atom. The van der Waals surface area contributed by atoms with Crippen molar-refractivity contribution in [3.8, 4) is 0 Å². The first kappa shape index (κ1) is 11.7. The van der Waals surface area contributed by atoms with Crippen LogP contribution in [0.3, 0.4) is 0 Å². The molecule has 2 aromatic carbocycles. The second kappa shape index (κ2) is 5.49. The van der Waals surface area contributed by atoms with Crippen molar-refractivity contribution in [3.63, 3.8) is 0 Å². The molecule has 0 N–H and O–H groups in total. The molecule has 1 atom stereocenters. The molecule has 0 amide bonds. The highest BCUT2D eigenvalue weighted by Gasteiger charge is 2.02. The predicted molar refractivity (Wildman–Crippen MR) is 75.0 cm³/mol. The average Bonchev–Trinajstić information content (AvgIpc) is 2.40. The van der Waals surface area contributed by atoms with Crippen LogP contribution in [0.2, 0.25) is 0 Å². The molecule has 0 heteroatoms. The van der Waals surface area contributed by atoms with Gasteiger partial charge < -0.3 is 0 Å². The molecule has 0 aliphatic carbocycles. The van der Waals surface area contributed by atoms with E-state index in [1.807, 2.05) is 0 Å². The molecule has 0 fully saturated rings. The Morgan fingerprint density at radius 1 is 0.882 bits per heavy atom. The zero-order valence-electron chi connectivity index (χ0n) is 10.4. The van der Waals surface area contributed by atoms with E-state index in [4.69, 9.17) is 0 Å². The highest BCUT2D eigenvalue weighted by molar-refractivity contribution is 5.64. The summed E-state index contributed by atoms with van der Waals surface area (Å²) in [6, 6.07) is 21.1. The maximum absolute atomic E-state index is 2.32. The summed E-state index contributed by atoms with van der Waals surface area (Å²) in [6.07, 6.45) is 2.32. The molecule has 0 radical (unpaired) electrons. The Balaban J connectivity index is 2.20. The molecule has 17 heavy (non-hydrogen) atoms. The summed E-state index contributed by atoms with van der Waals surface area (Å²) >= 11 is 0. The summed E-state index contributed by atoms with van der Waals surface area (Å²) in [4.78, 5) is 0. The van der Waals surface area contributed by atoms with Gasteiger partial charge in [0.15, 0.2) is 0 Å². The molecule has 0 spiro atoms. The highest BCUT2D eigenvalue weighted by Crippen LogP contribution is 2.22. The van der Waals surface area contributed by atoms with E-state index < -0.39 is 0 Å². The fourth-order valence-corrected chi connectivity index (χ4v) is 2.03. The zero-order chi connectivity index (χ0) is 12.1. The van der Waals surface area contributed by atoms with Gasteiger partial charge in [-0.2, -0.15) is 0 Å². The first-order chi connectivity index (χ1) is 8.27. The van der Waals surface area contributed by atoms with Gasteiger partial charge in [-0.3, -0.25) is 0 Å². The lowest BCUT2D eigenvalue weighted by Gasteiger charge is -2.09. The Hall–Kier alpha value is -1.82. The van der Waals surface area contributed by atoms with Crippen molar-refractivity contribution < 1.29 is 0 Å². The summed E-state index contributed by atoms with van der Waals surface area (Å²) in [7, 11) is 0. The number of benzene rings is 2. The summed E-state index contributed by atoms with van der Waals surface area (Å²) in [5, 5.41) is 0. The van der Waals surface area contributed by atoms with Crippen LogP contribution in [-0.2, 0) is 0 Å². The van der Waals surface area contributed by atoms with E-state index in [9.17, 15) is 0 Å². The summed E-state index contributed by atoms with van der Waals surface area (Å²) < 4.78 is 0. The van der Waals surface area contributed by atoms with Crippen molar-refractivity contribution in [2.24, 2.45) is 0 Å². The SMILES string of the molecule is CC(=CC(C)c1ccccc1)c1ccccc1. The summed E-state index contributed by atoms with van der Waals surface area (Å²) in [5.74, 6) is 0.455. The number of hydrogen-bond acceptors (Lipinski definition) is 0.